The van der Waals surface area contributed by atoms with Crippen molar-refractivity contribution in [2.45, 2.75) is 26.3 Å². The highest BCUT2D eigenvalue weighted by Gasteiger charge is 2.30. The Bertz CT molecular complexity index is 594. The van der Waals surface area contributed by atoms with Gasteiger partial charge in [0.15, 0.2) is 5.96 Å². The van der Waals surface area contributed by atoms with E-state index in [2.05, 4.69) is 52.2 Å². The van der Waals surface area contributed by atoms with Gasteiger partial charge >= 0.3 is 0 Å². The molecule has 1 atom stereocenters. The van der Waals surface area contributed by atoms with Crippen molar-refractivity contribution < 1.29 is 9.47 Å². The molecule has 6 heteroatoms. The molecule has 1 N–H and O–H groups in total. The van der Waals surface area contributed by atoms with Crippen molar-refractivity contribution in [3.05, 3.63) is 29.3 Å². The first-order chi connectivity index (χ1) is 12.7. The molecule has 2 aliphatic heterocycles. The summed E-state index contributed by atoms with van der Waals surface area (Å²) in [5.74, 6) is 1.98. The molecular formula is C20H32N4O2. The zero-order chi connectivity index (χ0) is 18.4. The summed E-state index contributed by atoms with van der Waals surface area (Å²) in [6.07, 6.45) is 1.19. The van der Waals surface area contributed by atoms with Crippen LogP contribution in [-0.4, -0.2) is 81.4 Å². The average molecular weight is 361 g/mol. The third-order valence-corrected chi connectivity index (χ3v) is 5.28. The molecule has 2 heterocycles. The molecule has 26 heavy (non-hydrogen) atoms. The molecule has 1 aromatic rings. The van der Waals surface area contributed by atoms with Crippen molar-refractivity contribution in [2.24, 2.45) is 4.99 Å². The van der Waals surface area contributed by atoms with Gasteiger partial charge in [-0.05, 0) is 31.4 Å². The number of aliphatic imine (C=N–C) groups is 1. The number of ether oxygens (including phenoxy) is 2. The van der Waals surface area contributed by atoms with Gasteiger partial charge in [-0.1, -0.05) is 18.2 Å². The molecule has 6 nitrogen and oxygen atoms in total. The summed E-state index contributed by atoms with van der Waals surface area (Å²) in [4.78, 5) is 9.38. The molecule has 0 amide bonds. The van der Waals surface area contributed by atoms with Crippen LogP contribution < -0.4 is 10.1 Å². The number of hydrogen-bond acceptors (Lipinski definition) is 4. The smallest absolute Gasteiger partial charge is 0.193 e. The zero-order valence-corrected chi connectivity index (χ0v) is 16.3. The Morgan fingerprint density at radius 1 is 1.23 bits per heavy atom. The van der Waals surface area contributed by atoms with Crippen LogP contribution >= 0.6 is 0 Å². The number of guanidine groups is 1. The highest BCUT2D eigenvalue weighted by molar-refractivity contribution is 5.80. The van der Waals surface area contributed by atoms with Crippen LogP contribution in [0.3, 0.4) is 0 Å². The van der Waals surface area contributed by atoms with Gasteiger partial charge in [-0.25, -0.2) is 0 Å². The van der Waals surface area contributed by atoms with E-state index in [1.807, 2.05) is 7.05 Å². The lowest BCUT2D eigenvalue weighted by atomic mass is 10.1. The van der Waals surface area contributed by atoms with Crippen molar-refractivity contribution >= 4 is 5.96 Å². The standard InChI is InChI=1S/C20H32N4O2/c1-16-5-4-6-17(2)19(16)26-12-8-22-20(21-3)24-9-7-18(15-24)23-10-13-25-14-11-23/h4-6,18H,7-15H2,1-3H3,(H,21,22). The van der Waals surface area contributed by atoms with Crippen LogP contribution in [0.15, 0.2) is 23.2 Å². The molecule has 2 saturated heterocycles. The van der Waals surface area contributed by atoms with E-state index >= 15 is 0 Å². The molecule has 144 valence electrons. The maximum absolute atomic E-state index is 5.98. The molecular weight excluding hydrogens is 328 g/mol. The molecule has 2 aliphatic rings. The molecule has 0 bridgehead atoms. The third kappa shape index (κ3) is 4.68. The maximum Gasteiger partial charge on any atom is 0.193 e. The second-order valence-corrected chi connectivity index (χ2v) is 7.08. The molecule has 1 unspecified atom stereocenters. The first-order valence-electron chi connectivity index (χ1n) is 9.65. The number of likely N-dealkylation sites (tertiary alicyclic amines) is 1. The normalized spacial score (nSPS) is 21.9. The van der Waals surface area contributed by atoms with Gasteiger partial charge in [-0.2, -0.15) is 0 Å². The third-order valence-electron chi connectivity index (χ3n) is 5.28. The number of para-hydroxylation sites is 1. The van der Waals surface area contributed by atoms with E-state index < -0.39 is 0 Å². The van der Waals surface area contributed by atoms with Crippen LogP contribution in [0.1, 0.15) is 17.5 Å². The molecule has 3 rings (SSSR count). The predicted octanol–water partition coefficient (Wildman–Crippen LogP) is 1.66. The Morgan fingerprint density at radius 2 is 1.96 bits per heavy atom. The van der Waals surface area contributed by atoms with Crippen molar-refractivity contribution in [2.75, 3.05) is 59.6 Å². The molecule has 0 aliphatic carbocycles. The van der Waals surface area contributed by atoms with Gasteiger partial charge in [0.2, 0.25) is 0 Å². The summed E-state index contributed by atoms with van der Waals surface area (Å²) in [6.45, 7) is 11.5. The molecule has 0 aromatic heterocycles. The Morgan fingerprint density at radius 3 is 2.65 bits per heavy atom. The van der Waals surface area contributed by atoms with Gasteiger partial charge in [0, 0.05) is 39.3 Å². The Balaban J connectivity index is 1.43. The highest BCUT2D eigenvalue weighted by atomic mass is 16.5. The molecule has 0 radical (unpaired) electrons. The largest absolute Gasteiger partial charge is 0.491 e. The first kappa shape index (κ1) is 19.0. The summed E-state index contributed by atoms with van der Waals surface area (Å²) < 4.78 is 11.5. The fourth-order valence-electron chi connectivity index (χ4n) is 3.85. The zero-order valence-electron chi connectivity index (χ0n) is 16.3. The predicted molar refractivity (Wildman–Crippen MR) is 105 cm³/mol. The Kier molecular flexibility index (Phi) is 6.74. The number of nitrogens with zero attached hydrogens (tertiary/aromatic N) is 3. The van der Waals surface area contributed by atoms with E-state index in [9.17, 15) is 0 Å². The first-order valence-corrected chi connectivity index (χ1v) is 9.65. The minimum Gasteiger partial charge on any atom is -0.491 e. The minimum atomic E-state index is 0.614. The topological polar surface area (TPSA) is 49.3 Å². The molecule has 0 spiro atoms. The monoisotopic (exact) mass is 360 g/mol. The quantitative estimate of drug-likeness (QED) is 0.492. The van der Waals surface area contributed by atoms with Crippen LogP contribution in [0.4, 0.5) is 0 Å². The number of morpholine rings is 1. The number of rotatable bonds is 5. The summed E-state index contributed by atoms with van der Waals surface area (Å²) in [7, 11) is 1.86. The fourth-order valence-corrected chi connectivity index (χ4v) is 3.85. The van der Waals surface area contributed by atoms with Crippen LogP contribution in [0.5, 0.6) is 5.75 Å². The average Bonchev–Trinajstić information content (AvgIpc) is 3.14. The molecule has 2 fully saturated rings. The van der Waals surface area contributed by atoms with Crippen LogP contribution in [0.25, 0.3) is 0 Å². The van der Waals surface area contributed by atoms with Crippen molar-refractivity contribution in [3.63, 3.8) is 0 Å². The summed E-state index contributed by atoms with van der Waals surface area (Å²) in [6, 6.07) is 6.86. The van der Waals surface area contributed by atoms with Crippen molar-refractivity contribution in [1.82, 2.24) is 15.1 Å². The number of nitrogens with one attached hydrogen (secondary N) is 1. The summed E-state index contributed by atoms with van der Waals surface area (Å²) in [5, 5.41) is 3.45. The van der Waals surface area contributed by atoms with Gasteiger partial charge in [0.05, 0.1) is 19.8 Å². The number of benzene rings is 1. The van der Waals surface area contributed by atoms with E-state index in [-0.39, 0.29) is 0 Å². The van der Waals surface area contributed by atoms with E-state index in [1.54, 1.807) is 0 Å². The van der Waals surface area contributed by atoms with E-state index in [0.29, 0.717) is 12.6 Å². The van der Waals surface area contributed by atoms with Crippen LogP contribution in [0, 0.1) is 13.8 Å². The van der Waals surface area contributed by atoms with Gasteiger partial charge < -0.3 is 19.7 Å². The van der Waals surface area contributed by atoms with E-state index in [1.165, 1.54) is 17.5 Å². The molecule has 1 aromatic carbocycles. The van der Waals surface area contributed by atoms with Crippen LogP contribution in [-0.2, 0) is 4.74 Å². The Hall–Kier alpha value is -1.79. The van der Waals surface area contributed by atoms with Gasteiger partial charge in [-0.3, -0.25) is 9.89 Å². The number of aryl methyl sites for hydroxylation is 2. The highest BCUT2D eigenvalue weighted by Crippen LogP contribution is 2.22. The van der Waals surface area contributed by atoms with E-state index in [0.717, 1.165) is 57.6 Å². The fraction of sp³-hybridized carbons (Fsp3) is 0.650. The van der Waals surface area contributed by atoms with E-state index in [4.69, 9.17) is 9.47 Å². The van der Waals surface area contributed by atoms with Gasteiger partial charge in [0.1, 0.15) is 12.4 Å². The second kappa shape index (κ2) is 9.24. The summed E-state index contributed by atoms with van der Waals surface area (Å²) >= 11 is 0. The van der Waals surface area contributed by atoms with Crippen LogP contribution in [0.2, 0.25) is 0 Å². The summed E-state index contributed by atoms with van der Waals surface area (Å²) in [5.41, 5.74) is 2.37. The number of hydrogen-bond donors (Lipinski definition) is 1. The van der Waals surface area contributed by atoms with Crippen molar-refractivity contribution in [1.29, 1.82) is 0 Å². The lowest BCUT2D eigenvalue weighted by Gasteiger charge is -2.32. The van der Waals surface area contributed by atoms with Gasteiger partial charge in [-0.15, -0.1) is 0 Å². The maximum atomic E-state index is 5.98. The SMILES string of the molecule is CN=C(NCCOc1c(C)cccc1C)N1CCC(N2CCOCC2)C1. The Labute approximate surface area is 157 Å². The minimum absolute atomic E-state index is 0.614. The second-order valence-electron chi connectivity index (χ2n) is 7.08. The van der Waals surface area contributed by atoms with Crippen molar-refractivity contribution in [3.8, 4) is 5.75 Å². The van der Waals surface area contributed by atoms with Gasteiger partial charge in [0.25, 0.3) is 0 Å². The molecule has 0 saturated carbocycles. The lowest BCUT2D eigenvalue weighted by molar-refractivity contribution is 0.0195. The lowest BCUT2D eigenvalue weighted by Crippen LogP contribution is -2.47.